The van der Waals surface area contributed by atoms with E-state index in [2.05, 4.69) is 12.8 Å². The maximum absolute atomic E-state index is 10.9. The smallest absolute Gasteiger partial charge is 0.331 e. The first-order chi connectivity index (χ1) is 6.56. The molecule has 0 aliphatic rings. The van der Waals surface area contributed by atoms with Crippen LogP contribution in [0, 0.1) is 0 Å². The zero-order valence-electron chi connectivity index (χ0n) is 7.45. The molecule has 7 heteroatoms. The number of carboxylic acid groups (broad SMARTS) is 1. The number of imide groups is 1. The third-order valence-corrected chi connectivity index (χ3v) is 1.60. The SMILES string of the molecule is O=C(O)CCCCC(=O)NC(=O)NS. The monoisotopic (exact) mass is 220 g/mol. The second-order valence-corrected chi connectivity index (χ2v) is 2.81. The first-order valence-corrected chi connectivity index (χ1v) is 4.46. The molecule has 0 aromatic heterocycles. The molecule has 0 rings (SSSR count). The number of thiol groups is 1. The van der Waals surface area contributed by atoms with Gasteiger partial charge in [-0.25, -0.2) is 4.79 Å². The van der Waals surface area contributed by atoms with Crippen LogP contribution in [0.4, 0.5) is 4.79 Å². The number of hydrogen-bond donors (Lipinski definition) is 4. The second-order valence-electron chi connectivity index (χ2n) is 2.59. The van der Waals surface area contributed by atoms with Gasteiger partial charge >= 0.3 is 12.0 Å². The Morgan fingerprint density at radius 2 is 1.71 bits per heavy atom. The normalized spacial score (nSPS) is 9.21. The summed E-state index contributed by atoms with van der Waals surface area (Å²) in [5.41, 5.74) is 0. The quantitative estimate of drug-likeness (QED) is 0.396. The standard InChI is InChI=1S/C7H12N2O4S/c10-5(8-7(13)9-14)3-1-2-4-6(11)12/h14H,1-4H2,(H,11,12)(H2,8,9,10,13). The van der Waals surface area contributed by atoms with Gasteiger partial charge in [0.25, 0.3) is 0 Å². The van der Waals surface area contributed by atoms with Gasteiger partial charge in [-0.15, -0.1) is 0 Å². The molecule has 0 heterocycles. The number of urea groups is 1. The average Bonchev–Trinajstić information content (AvgIpc) is 2.12. The highest BCUT2D eigenvalue weighted by Gasteiger charge is 2.05. The van der Waals surface area contributed by atoms with Crippen molar-refractivity contribution >= 4 is 30.7 Å². The molecule has 0 spiro atoms. The molecular weight excluding hydrogens is 208 g/mol. The number of amides is 3. The first kappa shape index (κ1) is 12.8. The van der Waals surface area contributed by atoms with Crippen molar-refractivity contribution in [1.82, 2.24) is 10.0 Å². The predicted molar refractivity (Wildman–Crippen MR) is 51.8 cm³/mol. The van der Waals surface area contributed by atoms with Crippen LogP contribution in [0.2, 0.25) is 0 Å². The summed E-state index contributed by atoms with van der Waals surface area (Å²) < 4.78 is 1.93. The van der Waals surface area contributed by atoms with Crippen LogP contribution in [-0.4, -0.2) is 23.0 Å². The minimum absolute atomic E-state index is 0.0338. The zero-order chi connectivity index (χ0) is 11.0. The molecule has 6 nitrogen and oxygen atoms in total. The van der Waals surface area contributed by atoms with Crippen molar-refractivity contribution in [2.75, 3.05) is 0 Å². The number of carboxylic acids is 1. The van der Waals surface area contributed by atoms with Gasteiger partial charge in [-0.05, 0) is 12.8 Å². The molecule has 0 fully saturated rings. The highest BCUT2D eigenvalue weighted by Crippen LogP contribution is 1.99. The summed E-state index contributed by atoms with van der Waals surface area (Å²) in [6, 6.07) is -0.684. The number of unbranched alkanes of at least 4 members (excludes halogenated alkanes) is 1. The van der Waals surface area contributed by atoms with Gasteiger partial charge in [0.2, 0.25) is 5.91 Å². The molecule has 0 radical (unpaired) electrons. The molecule has 80 valence electrons. The molecule has 14 heavy (non-hydrogen) atoms. The second kappa shape index (κ2) is 7.19. The van der Waals surface area contributed by atoms with Gasteiger partial charge in [-0.1, -0.05) is 12.8 Å². The zero-order valence-corrected chi connectivity index (χ0v) is 8.34. The number of nitrogens with one attached hydrogen (secondary N) is 2. The molecule has 0 saturated carbocycles. The number of carbonyl (C=O) groups is 3. The van der Waals surface area contributed by atoms with Crippen LogP contribution in [0.5, 0.6) is 0 Å². The largest absolute Gasteiger partial charge is 0.481 e. The van der Waals surface area contributed by atoms with Crippen molar-refractivity contribution in [3.8, 4) is 0 Å². The summed E-state index contributed by atoms with van der Waals surface area (Å²) >= 11 is 3.43. The Labute approximate surface area is 86.6 Å². The van der Waals surface area contributed by atoms with E-state index in [0.29, 0.717) is 12.8 Å². The maximum Gasteiger partial charge on any atom is 0.331 e. The lowest BCUT2D eigenvalue weighted by Gasteiger charge is -2.01. The number of hydrogen-bond acceptors (Lipinski definition) is 4. The topological polar surface area (TPSA) is 95.5 Å². The minimum Gasteiger partial charge on any atom is -0.481 e. The van der Waals surface area contributed by atoms with E-state index >= 15 is 0 Å². The fourth-order valence-corrected chi connectivity index (χ4v) is 0.835. The van der Waals surface area contributed by atoms with E-state index in [1.807, 2.05) is 10.0 Å². The summed E-state index contributed by atoms with van der Waals surface area (Å²) in [5.74, 6) is -1.33. The highest BCUT2D eigenvalue weighted by molar-refractivity contribution is 7.78. The van der Waals surface area contributed by atoms with Crippen molar-refractivity contribution in [1.29, 1.82) is 0 Å². The van der Waals surface area contributed by atoms with E-state index in [0.717, 1.165) is 0 Å². The summed E-state index contributed by atoms with van der Waals surface area (Å²) in [6.45, 7) is 0. The predicted octanol–water partition coefficient (Wildman–Crippen LogP) is 0.302. The van der Waals surface area contributed by atoms with E-state index in [1.165, 1.54) is 0 Å². The van der Waals surface area contributed by atoms with Crippen molar-refractivity contribution in [3.05, 3.63) is 0 Å². The van der Waals surface area contributed by atoms with E-state index in [9.17, 15) is 14.4 Å². The van der Waals surface area contributed by atoms with Crippen LogP contribution in [0.1, 0.15) is 25.7 Å². The molecule has 0 atom stereocenters. The molecule has 0 unspecified atom stereocenters. The van der Waals surface area contributed by atoms with E-state index in [4.69, 9.17) is 5.11 Å². The summed E-state index contributed by atoms with van der Waals surface area (Å²) in [5, 5.41) is 10.3. The van der Waals surface area contributed by atoms with Gasteiger partial charge in [0.05, 0.1) is 0 Å². The molecule has 0 bridgehead atoms. The van der Waals surface area contributed by atoms with Crippen LogP contribution in [0.25, 0.3) is 0 Å². The summed E-state index contributed by atoms with van der Waals surface area (Å²) in [6.07, 6.45) is 1.03. The number of aliphatic carboxylic acids is 1. The van der Waals surface area contributed by atoms with Gasteiger partial charge < -0.3 is 5.11 Å². The summed E-state index contributed by atoms with van der Waals surface area (Å²) in [7, 11) is 0. The first-order valence-electron chi connectivity index (χ1n) is 4.02. The van der Waals surface area contributed by atoms with Gasteiger partial charge in [-0.3, -0.25) is 19.6 Å². The Balaban J connectivity index is 3.45. The fraction of sp³-hybridized carbons (Fsp3) is 0.571. The van der Waals surface area contributed by atoms with Crippen LogP contribution in [-0.2, 0) is 9.59 Å². The van der Waals surface area contributed by atoms with Gasteiger partial charge in [-0.2, -0.15) is 0 Å². The Hall–Kier alpha value is -1.24. The van der Waals surface area contributed by atoms with Crippen molar-refractivity contribution in [2.24, 2.45) is 0 Å². The molecule has 0 aromatic rings. The van der Waals surface area contributed by atoms with Crippen LogP contribution < -0.4 is 10.0 Å². The third kappa shape index (κ3) is 7.41. The number of carbonyl (C=O) groups excluding carboxylic acids is 2. The Kier molecular flexibility index (Phi) is 6.55. The van der Waals surface area contributed by atoms with Gasteiger partial charge in [0, 0.05) is 12.8 Å². The van der Waals surface area contributed by atoms with Crippen molar-refractivity contribution in [3.63, 3.8) is 0 Å². The lowest BCUT2D eigenvalue weighted by Crippen LogP contribution is -2.35. The lowest BCUT2D eigenvalue weighted by atomic mass is 10.2. The number of rotatable bonds is 5. The fourth-order valence-electron chi connectivity index (χ4n) is 0.779. The Morgan fingerprint density at radius 3 is 2.21 bits per heavy atom. The van der Waals surface area contributed by atoms with Gasteiger partial charge in [0.1, 0.15) is 0 Å². The van der Waals surface area contributed by atoms with Crippen LogP contribution >= 0.6 is 12.8 Å². The molecule has 0 aliphatic heterocycles. The van der Waals surface area contributed by atoms with E-state index in [-0.39, 0.29) is 12.8 Å². The Morgan fingerprint density at radius 1 is 1.14 bits per heavy atom. The molecule has 0 aromatic carbocycles. The average molecular weight is 220 g/mol. The van der Waals surface area contributed by atoms with E-state index < -0.39 is 17.9 Å². The van der Waals surface area contributed by atoms with Crippen LogP contribution in [0.3, 0.4) is 0 Å². The third-order valence-electron chi connectivity index (χ3n) is 1.40. The Bertz CT molecular complexity index is 232. The molecule has 3 amide bonds. The van der Waals surface area contributed by atoms with E-state index in [1.54, 1.807) is 0 Å². The van der Waals surface area contributed by atoms with Crippen molar-refractivity contribution in [2.45, 2.75) is 25.7 Å². The van der Waals surface area contributed by atoms with Gasteiger partial charge in [0.15, 0.2) is 0 Å². The maximum atomic E-state index is 10.9. The molecule has 0 aliphatic carbocycles. The van der Waals surface area contributed by atoms with Crippen LogP contribution in [0.15, 0.2) is 0 Å². The van der Waals surface area contributed by atoms with Crippen molar-refractivity contribution < 1.29 is 19.5 Å². The summed E-state index contributed by atoms with van der Waals surface area (Å²) in [4.78, 5) is 31.5. The highest BCUT2D eigenvalue weighted by atomic mass is 32.1. The minimum atomic E-state index is -0.890. The lowest BCUT2D eigenvalue weighted by molar-refractivity contribution is -0.137. The molecule has 3 N–H and O–H groups in total. The molecule has 0 saturated heterocycles. The molecular formula is C7H12N2O4S.